The number of aromatic nitrogens is 2. The van der Waals surface area contributed by atoms with Crippen LogP contribution in [0.2, 0.25) is 0 Å². The molecule has 0 fully saturated rings. The minimum Gasteiger partial charge on any atom is -0.360 e. The van der Waals surface area contributed by atoms with E-state index in [-0.39, 0.29) is 11.7 Å². The van der Waals surface area contributed by atoms with E-state index in [0.29, 0.717) is 5.82 Å². The molecular weight excluding hydrogens is 228 g/mol. The van der Waals surface area contributed by atoms with Crippen LogP contribution >= 0.6 is 11.8 Å². The topological polar surface area (TPSA) is 73.0 Å². The molecule has 16 heavy (non-hydrogen) atoms. The third-order valence-corrected chi connectivity index (χ3v) is 3.11. The quantitative estimate of drug-likeness (QED) is 0.611. The maximum atomic E-state index is 10.7. The van der Waals surface area contributed by atoms with Crippen LogP contribution in [-0.2, 0) is 7.05 Å². The summed E-state index contributed by atoms with van der Waals surface area (Å²) in [5.74, 6) is 2.29. The number of rotatable bonds is 6. The average molecular weight is 244 g/mol. The minimum atomic E-state index is -0.422. The lowest BCUT2D eigenvalue weighted by molar-refractivity contribution is -0.384. The van der Waals surface area contributed by atoms with Crippen LogP contribution in [0.1, 0.15) is 13.8 Å². The fourth-order valence-corrected chi connectivity index (χ4v) is 1.95. The maximum Gasteiger partial charge on any atom is 0.330 e. The molecule has 0 bridgehead atoms. The Morgan fingerprint density at radius 1 is 1.75 bits per heavy atom. The first kappa shape index (κ1) is 12.8. The van der Waals surface area contributed by atoms with Gasteiger partial charge in [-0.3, -0.25) is 14.8 Å². The van der Waals surface area contributed by atoms with Gasteiger partial charge in [0.15, 0.2) is 0 Å². The van der Waals surface area contributed by atoms with Gasteiger partial charge in [-0.15, -0.1) is 5.10 Å². The molecule has 1 aromatic heterocycles. The summed E-state index contributed by atoms with van der Waals surface area (Å²) in [6.07, 6.45) is 1.40. The fraction of sp³-hybridized carbons (Fsp3) is 0.667. The third kappa shape index (κ3) is 3.41. The number of nitrogens with one attached hydrogen (secondary N) is 1. The molecule has 1 N–H and O–H groups in total. The predicted octanol–water partition coefficient (Wildman–Crippen LogP) is 1.88. The van der Waals surface area contributed by atoms with Gasteiger partial charge < -0.3 is 5.32 Å². The highest BCUT2D eigenvalue weighted by Gasteiger charge is 2.19. The predicted molar refractivity (Wildman–Crippen MR) is 65.9 cm³/mol. The van der Waals surface area contributed by atoms with Gasteiger partial charge in [0, 0.05) is 18.8 Å². The summed E-state index contributed by atoms with van der Waals surface area (Å²) in [4.78, 5) is 10.3. The summed E-state index contributed by atoms with van der Waals surface area (Å²) in [5.41, 5.74) is 0.0239. The van der Waals surface area contributed by atoms with Gasteiger partial charge in [0.2, 0.25) is 5.82 Å². The van der Waals surface area contributed by atoms with E-state index in [0.717, 1.165) is 11.5 Å². The van der Waals surface area contributed by atoms with Gasteiger partial charge in [0.25, 0.3) is 0 Å². The van der Waals surface area contributed by atoms with Crippen LogP contribution in [0.3, 0.4) is 0 Å². The molecule has 0 amide bonds. The van der Waals surface area contributed by atoms with Crippen molar-refractivity contribution in [3.63, 3.8) is 0 Å². The Morgan fingerprint density at radius 2 is 2.44 bits per heavy atom. The molecular formula is C9H16N4O2S. The van der Waals surface area contributed by atoms with E-state index >= 15 is 0 Å². The zero-order chi connectivity index (χ0) is 12.1. The Labute approximate surface area is 98.6 Å². The summed E-state index contributed by atoms with van der Waals surface area (Å²) in [6, 6.07) is 0.165. The highest BCUT2D eigenvalue weighted by atomic mass is 32.2. The third-order valence-electron chi connectivity index (χ3n) is 1.96. The van der Waals surface area contributed by atoms with Gasteiger partial charge in [-0.1, -0.05) is 6.92 Å². The van der Waals surface area contributed by atoms with Crippen molar-refractivity contribution in [2.75, 3.05) is 16.8 Å². The molecule has 0 saturated carbocycles. The molecule has 1 atom stereocenters. The van der Waals surface area contributed by atoms with Gasteiger partial charge in [0.05, 0.1) is 4.92 Å². The van der Waals surface area contributed by atoms with Crippen LogP contribution < -0.4 is 5.32 Å². The first-order valence-electron chi connectivity index (χ1n) is 5.07. The first-order chi connectivity index (χ1) is 7.54. The highest BCUT2D eigenvalue weighted by molar-refractivity contribution is 7.99. The molecule has 0 aromatic carbocycles. The van der Waals surface area contributed by atoms with E-state index in [9.17, 15) is 10.1 Å². The lowest BCUT2D eigenvalue weighted by Crippen LogP contribution is -2.19. The molecule has 0 spiro atoms. The van der Waals surface area contributed by atoms with Crippen molar-refractivity contribution in [2.24, 2.45) is 7.05 Å². The first-order valence-corrected chi connectivity index (χ1v) is 6.22. The lowest BCUT2D eigenvalue weighted by Gasteiger charge is -2.11. The van der Waals surface area contributed by atoms with E-state index < -0.39 is 4.92 Å². The number of anilines is 1. The van der Waals surface area contributed by atoms with Crippen molar-refractivity contribution in [1.29, 1.82) is 0 Å². The molecule has 0 radical (unpaired) electrons. The van der Waals surface area contributed by atoms with Crippen molar-refractivity contribution in [3.8, 4) is 0 Å². The second-order valence-electron chi connectivity index (χ2n) is 3.50. The molecule has 0 saturated heterocycles. The zero-order valence-electron chi connectivity index (χ0n) is 9.64. The Hall–Kier alpha value is -1.24. The van der Waals surface area contributed by atoms with Gasteiger partial charge >= 0.3 is 5.69 Å². The minimum absolute atomic E-state index is 0.0239. The average Bonchev–Trinajstić information content (AvgIpc) is 2.56. The van der Waals surface area contributed by atoms with Crippen LogP contribution in [0.5, 0.6) is 0 Å². The summed E-state index contributed by atoms with van der Waals surface area (Å²) in [5, 5.41) is 17.8. The molecule has 1 unspecified atom stereocenters. The molecule has 0 aliphatic rings. The Morgan fingerprint density at radius 3 is 3.00 bits per heavy atom. The lowest BCUT2D eigenvalue weighted by atomic mass is 10.4. The smallest absolute Gasteiger partial charge is 0.330 e. The van der Waals surface area contributed by atoms with E-state index in [4.69, 9.17) is 0 Å². The Balaban J connectivity index is 2.68. The molecule has 0 aliphatic heterocycles. The standard InChI is InChI=1S/C9H16N4O2S/c1-4-16-6-7(2)10-9-8(13(14)15)5-12(3)11-9/h5,7H,4,6H2,1-3H3,(H,10,11). The van der Waals surface area contributed by atoms with Crippen molar-refractivity contribution in [1.82, 2.24) is 9.78 Å². The number of hydrogen-bond donors (Lipinski definition) is 1. The summed E-state index contributed by atoms with van der Waals surface area (Å²) < 4.78 is 1.44. The second kappa shape index (κ2) is 5.74. The van der Waals surface area contributed by atoms with Crippen LogP contribution in [0.4, 0.5) is 11.5 Å². The van der Waals surface area contributed by atoms with Crippen molar-refractivity contribution >= 4 is 23.3 Å². The van der Waals surface area contributed by atoms with Crippen molar-refractivity contribution < 1.29 is 4.92 Å². The van der Waals surface area contributed by atoms with E-state index in [2.05, 4.69) is 17.3 Å². The second-order valence-corrected chi connectivity index (χ2v) is 4.82. The van der Waals surface area contributed by atoms with E-state index in [1.165, 1.54) is 10.9 Å². The van der Waals surface area contributed by atoms with Gasteiger partial charge in [-0.05, 0) is 12.7 Å². The Bertz CT molecular complexity index is 366. The maximum absolute atomic E-state index is 10.7. The molecule has 1 aromatic rings. The zero-order valence-corrected chi connectivity index (χ0v) is 10.5. The van der Waals surface area contributed by atoms with Crippen LogP contribution in [-0.4, -0.2) is 32.3 Å². The molecule has 1 rings (SSSR count). The van der Waals surface area contributed by atoms with Crippen LogP contribution in [0.25, 0.3) is 0 Å². The summed E-state index contributed by atoms with van der Waals surface area (Å²) in [7, 11) is 1.67. The summed E-state index contributed by atoms with van der Waals surface area (Å²) in [6.45, 7) is 4.07. The molecule has 7 heteroatoms. The number of nitrogens with zero attached hydrogens (tertiary/aromatic N) is 3. The number of aryl methyl sites for hydroxylation is 1. The highest BCUT2D eigenvalue weighted by Crippen LogP contribution is 2.22. The van der Waals surface area contributed by atoms with Gasteiger partial charge in [-0.2, -0.15) is 11.8 Å². The normalized spacial score (nSPS) is 12.4. The molecule has 90 valence electrons. The van der Waals surface area contributed by atoms with Crippen molar-refractivity contribution in [2.45, 2.75) is 19.9 Å². The number of nitro groups is 1. The molecule has 6 nitrogen and oxygen atoms in total. The Kier molecular flexibility index (Phi) is 4.60. The largest absolute Gasteiger partial charge is 0.360 e. The number of hydrogen-bond acceptors (Lipinski definition) is 5. The number of thioether (sulfide) groups is 1. The monoisotopic (exact) mass is 244 g/mol. The van der Waals surface area contributed by atoms with Gasteiger partial charge in [0.1, 0.15) is 6.20 Å². The SMILES string of the molecule is CCSCC(C)Nc1nn(C)cc1[N+](=O)[O-]. The van der Waals surface area contributed by atoms with Crippen LogP contribution in [0.15, 0.2) is 6.20 Å². The summed E-state index contributed by atoms with van der Waals surface area (Å²) >= 11 is 1.79. The van der Waals surface area contributed by atoms with E-state index in [1.807, 2.05) is 6.92 Å². The van der Waals surface area contributed by atoms with E-state index in [1.54, 1.807) is 18.8 Å². The molecule has 0 aliphatic carbocycles. The molecule has 1 heterocycles. The van der Waals surface area contributed by atoms with Crippen LogP contribution in [0, 0.1) is 10.1 Å². The van der Waals surface area contributed by atoms with Gasteiger partial charge in [-0.25, -0.2) is 0 Å². The van der Waals surface area contributed by atoms with Crippen molar-refractivity contribution in [3.05, 3.63) is 16.3 Å². The fourth-order valence-electron chi connectivity index (χ4n) is 1.28.